The zero-order valence-corrected chi connectivity index (χ0v) is 12.6. The van der Waals surface area contributed by atoms with Gasteiger partial charge in [-0.3, -0.25) is 0 Å². The molecule has 2 aromatic rings. The first-order chi connectivity index (χ1) is 8.72. The Bertz CT molecular complexity index is 578. The van der Waals surface area contributed by atoms with Gasteiger partial charge in [-0.1, -0.05) is 55.9 Å². The van der Waals surface area contributed by atoms with Crippen LogP contribution >= 0.6 is 28.1 Å². The van der Waals surface area contributed by atoms with Crippen molar-refractivity contribution in [1.82, 2.24) is 9.97 Å². The molecular weight excluding hydrogens is 308 g/mol. The van der Waals surface area contributed by atoms with Crippen LogP contribution in [0.5, 0.6) is 0 Å². The number of nitrogens with one attached hydrogen (secondary N) is 1. The number of hydrogen-bond acceptors (Lipinski definition) is 2. The number of aromatic amines is 1. The van der Waals surface area contributed by atoms with Crippen LogP contribution in [0.1, 0.15) is 25.6 Å². The average molecular weight is 323 g/mol. The second kappa shape index (κ2) is 6.25. The van der Waals surface area contributed by atoms with Crippen molar-refractivity contribution in [2.24, 2.45) is 0 Å². The number of H-pyrrole nitrogens is 1. The molecule has 0 saturated heterocycles. The molecular formula is C14H15BrN2S. The third-order valence-corrected chi connectivity index (χ3v) is 4.07. The van der Waals surface area contributed by atoms with E-state index in [2.05, 4.69) is 45.0 Å². The standard InChI is InChI=1S/C14H15BrN2S/c1-2-3-9-11-16-13(12(15)14(18)17-11)10-7-5-4-6-8-10/h4-8H,2-3,9H2,1H3,(H,16,17,18). The van der Waals surface area contributed by atoms with Crippen molar-refractivity contribution in [3.63, 3.8) is 0 Å². The SMILES string of the molecule is CCCCc1nc(=S)c(Br)c(-c2ccccc2)[nH]1. The molecule has 1 heterocycles. The van der Waals surface area contributed by atoms with E-state index in [0.29, 0.717) is 4.64 Å². The van der Waals surface area contributed by atoms with Gasteiger partial charge in [-0.05, 0) is 27.9 Å². The first kappa shape index (κ1) is 13.4. The number of aryl methyl sites for hydroxylation is 1. The molecule has 0 radical (unpaired) electrons. The van der Waals surface area contributed by atoms with Gasteiger partial charge in [0.05, 0.1) is 10.2 Å². The first-order valence-corrected chi connectivity index (χ1v) is 7.26. The highest BCUT2D eigenvalue weighted by Gasteiger charge is 2.08. The fourth-order valence-corrected chi connectivity index (χ4v) is 2.40. The largest absolute Gasteiger partial charge is 0.342 e. The van der Waals surface area contributed by atoms with Gasteiger partial charge in [0.1, 0.15) is 10.5 Å². The molecule has 0 unspecified atom stereocenters. The smallest absolute Gasteiger partial charge is 0.144 e. The minimum absolute atomic E-state index is 0.624. The molecule has 0 spiro atoms. The Hall–Kier alpha value is -1.00. The van der Waals surface area contributed by atoms with Crippen LogP contribution in [0, 0.1) is 4.64 Å². The normalized spacial score (nSPS) is 10.6. The zero-order chi connectivity index (χ0) is 13.0. The van der Waals surface area contributed by atoms with Crippen molar-refractivity contribution >= 4 is 28.1 Å². The number of hydrogen-bond donors (Lipinski definition) is 1. The molecule has 18 heavy (non-hydrogen) atoms. The molecule has 94 valence electrons. The fraction of sp³-hybridized carbons (Fsp3) is 0.286. The predicted molar refractivity (Wildman–Crippen MR) is 81.2 cm³/mol. The lowest BCUT2D eigenvalue weighted by atomic mass is 10.1. The van der Waals surface area contributed by atoms with Gasteiger partial charge in [-0.2, -0.15) is 0 Å². The summed E-state index contributed by atoms with van der Waals surface area (Å²) >= 11 is 8.82. The van der Waals surface area contributed by atoms with Gasteiger partial charge < -0.3 is 4.98 Å². The maximum Gasteiger partial charge on any atom is 0.144 e. The van der Waals surface area contributed by atoms with Gasteiger partial charge in [-0.25, -0.2) is 4.98 Å². The lowest BCUT2D eigenvalue weighted by Gasteiger charge is -2.08. The molecule has 0 aliphatic heterocycles. The van der Waals surface area contributed by atoms with Crippen molar-refractivity contribution in [2.45, 2.75) is 26.2 Å². The lowest BCUT2D eigenvalue weighted by molar-refractivity contribution is 0.750. The summed E-state index contributed by atoms with van der Waals surface area (Å²) in [5.41, 5.74) is 2.14. The van der Waals surface area contributed by atoms with E-state index in [9.17, 15) is 0 Å². The highest BCUT2D eigenvalue weighted by Crippen LogP contribution is 2.26. The van der Waals surface area contributed by atoms with Gasteiger partial charge in [-0.15, -0.1) is 0 Å². The molecule has 0 fully saturated rings. The summed E-state index contributed by atoms with van der Waals surface area (Å²) in [6.45, 7) is 2.17. The molecule has 0 saturated carbocycles. The molecule has 2 rings (SSSR count). The van der Waals surface area contributed by atoms with Crippen molar-refractivity contribution in [2.75, 3.05) is 0 Å². The van der Waals surface area contributed by atoms with E-state index < -0.39 is 0 Å². The van der Waals surface area contributed by atoms with Crippen molar-refractivity contribution in [3.05, 3.63) is 45.3 Å². The van der Waals surface area contributed by atoms with E-state index in [-0.39, 0.29) is 0 Å². The molecule has 0 amide bonds. The second-order valence-corrected chi connectivity index (χ2v) is 5.33. The third-order valence-electron chi connectivity index (χ3n) is 2.74. The summed E-state index contributed by atoms with van der Waals surface area (Å²) in [4.78, 5) is 7.79. The molecule has 0 aliphatic rings. The Balaban J connectivity index is 2.46. The van der Waals surface area contributed by atoms with Gasteiger partial charge in [0.25, 0.3) is 0 Å². The van der Waals surface area contributed by atoms with Crippen LogP contribution in [0.4, 0.5) is 0 Å². The molecule has 0 atom stereocenters. The summed E-state index contributed by atoms with van der Waals surface area (Å²) in [7, 11) is 0. The Morgan fingerprint density at radius 2 is 2.00 bits per heavy atom. The van der Waals surface area contributed by atoms with Crippen LogP contribution < -0.4 is 0 Å². The van der Waals surface area contributed by atoms with E-state index in [1.807, 2.05) is 18.2 Å². The number of benzene rings is 1. The van der Waals surface area contributed by atoms with Crippen LogP contribution in [0.15, 0.2) is 34.8 Å². The maximum absolute atomic E-state index is 5.30. The Morgan fingerprint density at radius 3 is 2.67 bits per heavy atom. The summed E-state index contributed by atoms with van der Waals surface area (Å²) < 4.78 is 1.49. The highest BCUT2D eigenvalue weighted by molar-refractivity contribution is 9.10. The topological polar surface area (TPSA) is 28.7 Å². The summed E-state index contributed by atoms with van der Waals surface area (Å²) in [6.07, 6.45) is 3.21. The van der Waals surface area contributed by atoms with Gasteiger partial charge >= 0.3 is 0 Å². The van der Waals surface area contributed by atoms with Crippen molar-refractivity contribution in [1.29, 1.82) is 0 Å². The number of unbranched alkanes of at least 4 members (excludes halogenated alkanes) is 1. The lowest BCUT2D eigenvalue weighted by Crippen LogP contribution is -1.99. The van der Waals surface area contributed by atoms with Crippen LogP contribution in [-0.2, 0) is 6.42 Å². The molecule has 1 aromatic heterocycles. The summed E-state index contributed by atoms with van der Waals surface area (Å²) in [5, 5.41) is 0. The van der Waals surface area contributed by atoms with Crippen LogP contribution in [0.2, 0.25) is 0 Å². The number of rotatable bonds is 4. The zero-order valence-electron chi connectivity index (χ0n) is 10.2. The number of halogens is 1. The van der Waals surface area contributed by atoms with E-state index >= 15 is 0 Å². The van der Waals surface area contributed by atoms with Crippen LogP contribution in [0.25, 0.3) is 11.3 Å². The van der Waals surface area contributed by atoms with Gasteiger partial charge in [0, 0.05) is 6.42 Å². The first-order valence-electron chi connectivity index (χ1n) is 6.06. The molecule has 0 aliphatic carbocycles. The van der Waals surface area contributed by atoms with Crippen molar-refractivity contribution in [3.8, 4) is 11.3 Å². The second-order valence-electron chi connectivity index (χ2n) is 4.15. The van der Waals surface area contributed by atoms with E-state index in [1.54, 1.807) is 0 Å². The summed E-state index contributed by atoms with van der Waals surface area (Å²) in [5.74, 6) is 0.962. The number of aromatic nitrogens is 2. The van der Waals surface area contributed by atoms with Crippen LogP contribution in [-0.4, -0.2) is 9.97 Å². The maximum atomic E-state index is 5.30. The predicted octanol–water partition coefficient (Wildman–Crippen LogP) is 4.91. The Morgan fingerprint density at radius 1 is 1.28 bits per heavy atom. The highest BCUT2D eigenvalue weighted by atomic mass is 79.9. The molecule has 0 bridgehead atoms. The van der Waals surface area contributed by atoms with Crippen molar-refractivity contribution < 1.29 is 0 Å². The van der Waals surface area contributed by atoms with Gasteiger partial charge in [0.2, 0.25) is 0 Å². The number of nitrogens with zero attached hydrogens (tertiary/aromatic N) is 1. The minimum atomic E-state index is 0.624. The molecule has 2 nitrogen and oxygen atoms in total. The molecule has 1 N–H and O–H groups in total. The monoisotopic (exact) mass is 322 g/mol. The molecule has 1 aromatic carbocycles. The van der Waals surface area contributed by atoms with E-state index in [1.165, 1.54) is 0 Å². The minimum Gasteiger partial charge on any atom is -0.342 e. The quantitative estimate of drug-likeness (QED) is 0.810. The van der Waals surface area contributed by atoms with Crippen LogP contribution in [0.3, 0.4) is 0 Å². The third kappa shape index (κ3) is 3.06. The fourth-order valence-electron chi connectivity index (χ4n) is 1.77. The average Bonchev–Trinajstić information content (AvgIpc) is 2.41. The summed E-state index contributed by atoms with van der Waals surface area (Å²) in [6, 6.07) is 10.2. The van der Waals surface area contributed by atoms with E-state index in [4.69, 9.17) is 12.2 Å². The Kier molecular flexibility index (Phi) is 4.66. The Labute approximate surface area is 121 Å². The molecule has 4 heteroatoms. The van der Waals surface area contributed by atoms with Gasteiger partial charge in [0.15, 0.2) is 0 Å². The van der Waals surface area contributed by atoms with E-state index in [0.717, 1.165) is 40.8 Å².